The Balaban J connectivity index is 2.96. The van der Waals surface area contributed by atoms with Gasteiger partial charge in [-0.3, -0.25) is 4.79 Å². The average molecular weight is 222 g/mol. The van der Waals surface area contributed by atoms with Gasteiger partial charge >= 0.3 is 6.18 Å². The van der Waals surface area contributed by atoms with E-state index in [2.05, 4.69) is 5.84 Å². The molecule has 1 aromatic rings. The Morgan fingerprint density at radius 2 is 1.67 bits per heavy atom. The summed E-state index contributed by atoms with van der Waals surface area (Å²) in [6.45, 7) is 0. The van der Waals surface area contributed by atoms with E-state index in [0.717, 1.165) is 12.1 Å². The van der Waals surface area contributed by atoms with Crippen molar-refractivity contribution in [2.24, 2.45) is 5.84 Å². The van der Waals surface area contributed by atoms with Gasteiger partial charge in [0.15, 0.2) is 0 Å². The Morgan fingerprint density at radius 1 is 1.20 bits per heavy atom. The summed E-state index contributed by atoms with van der Waals surface area (Å²) in [5, 5.41) is -0.692. The third-order valence-corrected chi connectivity index (χ3v) is 1.65. The third kappa shape index (κ3) is 2.66. The number of benzene rings is 1. The molecule has 82 valence electrons. The van der Waals surface area contributed by atoms with Crippen molar-refractivity contribution >= 4 is 5.91 Å². The van der Waals surface area contributed by atoms with Crippen molar-refractivity contribution in [3.8, 4) is 0 Å². The standard InChI is InChI=1S/C8H6F4N2O/c9-8(10,11)6-3-1-5(2-4-6)7(15)14(12)13/h1-4H,13H2. The molecule has 1 aromatic carbocycles. The summed E-state index contributed by atoms with van der Waals surface area (Å²) in [4.78, 5) is 10.9. The first kappa shape index (κ1) is 11.4. The minimum Gasteiger partial charge on any atom is -0.265 e. The molecule has 0 saturated heterocycles. The number of hydrogen-bond donors (Lipinski definition) is 1. The lowest BCUT2D eigenvalue weighted by Crippen LogP contribution is -2.29. The van der Waals surface area contributed by atoms with E-state index in [1.54, 1.807) is 0 Å². The van der Waals surface area contributed by atoms with Crippen LogP contribution >= 0.6 is 0 Å². The number of halogens is 4. The van der Waals surface area contributed by atoms with Gasteiger partial charge in [0, 0.05) is 5.56 Å². The highest BCUT2D eigenvalue weighted by Crippen LogP contribution is 2.29. The largest absolute Gasteiger partial charge is 0.416 e. The molecule has 0 fully saturated rings. The van der Waals surface area contributed by atoms with E-state index in [-0.39, 0.29) is 5.56 Å². The van der Waals surface area contributed by atoms with Crippen LogP contribution in [0.1, 0.15) is 15.9 Å². The number of hydrogen-bond acceptors (Lipinski definition) is 2. The molecule has 0 radical (unpaired) electrons. The van der Waals surface area contributed by atoms with E-state index >= 15 is 0 Å². The molecule has 0 atom stereocenters. The fraction of sp³-hybridized carbons (Fsp3) is 0.125. The normalized spacial score (nSPS) is 11.3. The molecule has 0 heterocycles. The van der Waals surface area contributed by atoms with Gasteiger partial charge in [0.2, 0.25) is 0 Å². The molecule has 3 nitrogen and oxygen atoms in total. The number of alkyl halides is 3. The molecule has 1 amide bonds. The van der Waals surface area contributed by atoms with Crippen molar-refractivity contribution in [2.75, 3.05) is 0 Å². The Labute approximate surface area is 82.0 Å². The molecule has 7 heteroatoms. The SMILES string of the molecule is NN(F)C(=O)c1ccc(C(F)(F)F)cc1. The van der Waals surface area contributed by atoms with E-state index in [4.69, 9.17) is 0 Å². The molecule has 0 aromatic heterocycles. The summed E-state index contributed by atoms with van der Waals surface area (Å²) < 4.78 is 48.4. The molecule has 0 aliphatic carbocycles. The maximum absolute atomic E-state index is 12.2. The van der Waals surface area contributed by atoms with Crippen molar-refractivity contribution in [3.63, 3.8) is 0 Å². The minimum atomic E-state index is -4.49. The molecule has 0 aliphatic rings. The second-order valence-corrected chi connectivity index (χ2v) is 2.69. The van der Waals surface area contributed by atoms with Crippen molar-refractivity contribution in [2.45, 2.75) is 6.18 Å². The van der Waals surface area contributed by atoms with Crippen LogP contribution in [-0.2, 0) is 6.18 Å². The molecule has 15 heavy (non-hydrogen) atoms. The van der Waals surface area contributed by atoms with Crippen LogP contribution in [0.15, 0.2) is 24.3 Å². The Hall–Kier alpha value is -1.63. The second-order valence-electron chi connectivity index (χ2n) is 2.69. The molecule has 0 unspecified atom stereocenters. The van der Waals surface area contributed by atoms with Gasteiger partial charge in [-0.05, 0) is 24.3 Å². The number of hydrazine groups is 1. The summed E-state index contributed by atoms with van der Waals surface area (Å²) in [6, 6.07) is 3.06. The van der Waals surface area contributed by atoms with E-state index in [1.807, 2.05) is 0 Å². The minimum absolute atomic E-state index is 0.256. The number of nitrogens with two attached hydrogens (primary N) is 1. The van der Waals surface area contributed by atoms with Gasteiger partial charge in [-0.1, -0.05) is 4.48 Å². The van der Waals surface area contributed by atoms with Crippen LogP contribution in [0, 0.1) is 0 Å². The summed E-state index contributed by atoms with van der Waals surface area (Å²) in [5.74, 6) is 3.28. The predicted molar refractivity (Wildman–Crippen MR) is 42.9 cm³/mol. The van der Waals surface area contributed by atoms with Crippen LogP contribution in [0.2, 0.25) is 0 Å². The van der Waals surface area contributed by atoms with Gasteiger partial charge < -0.3 is 0 Å². The zero-order chi connectivity index (χ0) is 11.6. The van der Waals surface area contributed by atoms with Crippen LogP contribution in [-0.4, -0.2) is 11.1 Å². The van der Waals surface area contributed by atoms with Crippen LogP contribution in [0.4, 0.5) is 17.7 Å². The summed E-state index contributed by atoms with van der Waals surface area (Å²) in [5.41, 5.74) is -1.17. The van der Waals surface area contributed by atoms with Gasteiger partial charge in [0.05, 0.1) is 5.56 Å². The molecule has 0 saturated carbocycles. The van der Waals surface area contributed by atoms with Crippen molar-refractivity contribution in [1.82, 2.24) is 5.23 Å². The lowest BCUT2D eigenvalue weighted by Gasteiger charge is -2.08. The Bertz CT molecular complexity index is 358. The number of nitrogens with zero attached hydrogens (tertiary/aromatic N) is 1. The highest BCUT2D eigenvalue weighted by molar-refractivity contribution is 5.93. The van der Waals surface area contributed by atoms with Crippen LogP contribution < -0.4 is 5.84 Å². The molecular formula is C8H6F4N2O. The molecule has 0 aliphatic heterocycles. The van der Waals surface area contributed by atoms with E-state index in [9.17, 15) is 22.4 Å². The first-order valence-corrected chi connectivity index (χ1v) is 3.74. The maximum atomic E-state index is 12.2. The van der Waals surface area contributed by atoms with Gasteiger partial charge in [-0.2, -0.15) is 13.2 Å². The zero-order valence-corrected chi connectivity index (χ0v) is 7.25. The van der Waals surface area contributed by atoms with Crippen LogP contribution in [0.5, 0.6) is 0 Å². The first-order valence-electron chi connectivity index (χ1n) is 3.74. The van der Waals surface area contributed by atoms with Gasteiger partial charge in [-0.25, -0.2) is 5.84 Å². The maximum Gasteiger partial charge on any atom is 0.416 e. The van der Waals surface area contributed by atoms with Crippen molar-refractivity contribution < 1.29 is 22.4 Å². The zero-order valence-electron chi connectivity index (χ0n) is 7.25. The topological polar surface area (TPSA) is 46.3 Å². The fourth-order valence-electron chi connectivity index (χ4n) is 0.925. The lowest BCUT2D eigenvalue weighted by molar-refractivity contribution is -0.137. The first-order chi connectivity index (χ1) is 6.82. The third-order valence-electron chi connectivity index (χ3n) is 1.65. The average Bonchev–Trinajstić information content (AvgIpc) is 2.15. The molecule has 0 bridgehead atoms. The quantitative estimate of drug-likeness (QED) is 0.259. The van der Waals surface area contributed by atoms with Crippen LogP contribution in [0.3, 0.4) is 0 Å². The lowest BCUT2D eigenvalue weighted by atomic mass is 10.1. The monoisotopic (exact) mass is 222 g/mol. The van der Waals surface area contributed by atoms with Crippen molar-refractivity contribution in [1.29, 1.82) is 0 Å². The number of amides is 1. The highest BCUT2D eigenvalue weighted by atomic mass is 19.4. The molecule has 0 spiro atoms. The van der Waals surface area contributed by atoms with E-state index in [1.165, 1.54) is 0 Å². The molecule has 1 rings (SSSR count). The fourth-order valence-corrected chi connectivity index (χ4v) is 0.925. The number of carbonyl (C=O) groups is 1. The Morgan fingerprint density at radius 3 is 2.00 bits per heavy atom. The summed E-state index contributed by atoms with van der Waals surface area (Å²) >= 11 is 0. The van der Waals surface area contributed by atoms with E-state index < -0.39 is 22.9 Å². The smallest absolute Gasteiger partial charge is 0.265 e. The number of carbonyl (C=O) groups excluding carboxylic acids is 1. The van der Waals surface area contributed by atoms with Gasteiger partial charge in [-0.15, -0.1) is 5.23 Å². The van der Waals surface area contributed by atoms with Crippen LogP contribution in [0.25, 0.3) is 0 Å². The number of rotatable bonds is 1. The highest BCUT2D eigenvalue weighted by Gasteiger charge is 2.30. The second kappa shape index (κ2) is 3.85. The predicted octanol–water partition coefficient (Wildman–Crippen LogP) is 1.91. The van der Waals surface area contributed by atoms with E-state index in [0.29, 0.717) is 12.1 Å². The van der Waals surface area contributed by atoms with Gasteiger partial charge in [0.25, 0.3) is 5.91 Å². The van der Waals surface area contributed by atoms with Crippen molar-refractivity contribution in [3.05, 3.63) is 35.4 Å². The molecule has 2 N–H and O–H groups in total. The Kier molecular flexibility index (Phi) is 2.94. The van der Waals surface area contributed by atoms with Gasteiger partial charge in [0.1, 0.15) is 0 Å². The summed E-state index contributed by atoms with van der Waals surface area (Å²) in [7, 11) is 0. The molecular weight excluding hydrogens is 216 g/mol. The summed E-state index contributed by atoms with van der Waals surface area (Å²) in [6.07, 6.45) is -4.49.